The third kappa shape index (κ3) is 3.91. The second-order valence-electron chi connectivity index (χ2n) is 7.43. The molecule has 0 radical (unpaired) electrons. The Balaban J connectivity index is 0.00000240. The molecule has 0 amide bonds. The number of aryl methyl sites for hydroxylation is 2. The normalized spacial score (nSPS) is 14.4. The van der Waals surface area contributed by atoms with E-state index in [1.165, 1.54) is 17.4 Å². The molecule has 2 aromatic heterocycles. The van der Waals surface area contributed by atoms with E-state index in [-0.39, 0.29) is 12.9 Å². The first-order chi connectivity index (χ1) is 13.3. The van der Waals surface area contributed by atoms with E-state index in [4.69, 9.17) is 0 Å². The number of benzene rings is 1. The smallest absolute Gasteiger partial charge is 0.258 e. The number of sulfonamides is 1. The molecule has 7 nitrogen and oxygen atoms in total. The molecule has 0 unspecified atom stereocenters. The molecule has 28 heavy (non-hydrogen) atoms. The summed E-state index contributed by atoms with van der Waals surface area (Å²) in [5.74, 6) is 0.782. The van der Waals surface area contributed by atoms with Gasteiger partial charge in [0.2, 0.25) is 16.0 Å². The van der Waals surface area contributed by atoms with Gasteiger partial charge in [-0.05, 0) is 35.8 Å². The van der Waals surface area contributed by atoms with E-state index in [1.807, 2.05) is 18.2 Å². The van der Waals surface area contributed by atoms with E-state index in [0.717, 1.165) is 41.5 Å². The van der Waals surface area contributed by atoms with Crippen molar-refractivity contribution in [3.8, 4) is 11.3 Å². The van der Waals surface area contributed by atoms with E-state index in [2.05, 4.69) is 14.7 Å². The van der Waals surface area contributed by atoms with E-state index >= 15 is 0 Å². The highest BCUT2D eigenvalue weighted by atomic mass is 32.2. The van der Waals surface area contributed by atoms with Gasteiger partial charge in [0.15, 0.2) is 0 Å². The summed E-state index contributed by atoms with van der Waals surface area (Å²) in [4.78, 5) is 21.2. The number of fused-ring (bicyclic) bond motifs is 1. The first-order valence-electron chi connectivity index (χ1n) is 9.24. The highest BCUT2D eigenvalue weighted by Crippen LogP contribution is 2.35. The monoisotopic (exact) mass is 400 g/mol. The van der Waals surface area contributed by atoms with Crippen LogP contribution in [-0.2, 0) is 23.5 Å². The summed E-state index contributed by atoms with van der Waals surface area (Å²) in [5, 5.41) is 1.40. The highest BCUT2D eigenvalue weighted by Gasteiger charge is 2.22. The maximum absolute atomic E-state index is 12.5. The van der Waals surface area contributed by atoms with Crippen molar-refractivity contribution in [2.45, 2.75) is 25.7 Å². The maximum Gasteiger partial charge on any atom is 0.258 e. The molecule has 0 spiro atoms. The molecule has 1 N–H and O–H groups in total. The Bertz CT molecular complexity index is 1220. The van der Waals surface area contributed by atoms with E-state index in [9.17, 15) is 13.2 Å². The Morgan fingerprint density at radius 2 is 1.96 bits per heavy atom. The number of aromatic nitrogens is 3. The zero-order valence-electron chi connectivity index (χ0n) is 15.8. The van der Waals surface area contributed by atoms with Gasteiger partial charge in [0.05, 0.1) is 11.9 Å². The van der Waals surface area contributed by atoms with Gasteiger partial charge in [0.1, 0.15) is 0 Å². The molecule has 0 saturated heterocycles. The Labute approximate surface area is 165 Å². The molecular weight excluding hydrogens is 376 g/mol. The molecule has 0 atom stereocenters. The van der Waals surface area contributed by atoms with Crippen LogP contribution in [0.2, 0.25) is 0 Å². The SMILES string of the molecule is Cn1cc(-c2nc(NS(C)(=O)=O)ncc2CCC2CC2)c2ccccc2c1=O.[HH]. The second kappa shape index (κ2) is 7.01. The molecule has 1 fully saturated rings. The lowest BCUT2D eigenvalue weighted by atomic mass is 9.99. The summed E-state index contributed by atoms with van der Waals surface area (Å²) in [5.41, 5.74) is 2.33. The van der Waals surface area contributed by atoms with Crippen LogP contribution < -0.4 is 10.3 Å². The molecule has 3 aromatic rings. The fraction of sp³-hybridized carbons (Fsp3) is 0.350. The number of rotatable bonds is 6. The average molecular weight is 401 g/mol. The summed E-state index contributed by atoms with van der Waals surface area (Å²) in [7, 11) is -1.78. The van der Waals surface area contributed by atoms with Gasteiger partial charge in [0, 0.05) is 31.8 Å². The Kier molecular flexibility index (Phi) is 4.66. The fourth-order valence-corrected chi connectivity index (χ4v) is 3.84. The summed E-state index contributed by atoms with van der Waals surface area (Å²) in [6.07, 6.45) is 8.91. The van der Waals surface area contributed by atoms with Crippen LogP contribution in [0.4, 0.5) is 5.95 Å². The first kappa shape index (κ1) is 18.6. The second-order valence-corrected chi connectivity index (χ2v) is 9.18. The molecule has 2 heterocycles. The van der Waals surface area contributed by atoms with Crippen LogP contribution in [0.15, 0.2) is 41.5 Å². The number of pyridine rings is 1. The van der Waals surface area contributed by atoms with Gasteiger partial charge >= 0.3 is 0 Å². The van der Waals surface area contributed by atoms with Crippen molar-refractivity contribution in [2.24, 2.45) is 13.0 Å². The van der Waals surface area contributed by atoms with Crippen molar-refractivity contribution in [2.75, 3.05) is 11.0 Å². The molecular formula is C20H24N4O3S. The zero-order chi connectivity index (χ0) is 19.9. The number of nitrogens with one attached hydrogen (secondary N) is 1. The van der Waals surface area contributed by atoms with Crippen LogP contribution in [0, 0.1) is 5.92 Å². The lowest BCUT2D eigenvalue weighted by Gasteiger charge is -2.14. The Morgan fingerprint density at radius 3 is 2.64 bits per heavy atom. The molecule has 4 rings (SSSR count). The summed E-state index contributed by atoms with van der Waals surface area (Å²) < 4.78 is 27.1. The van der Waals surface area contributed by atoms with Crippen LogP contribution >= 0.6 is 0 Å². The molecule has 1 aliphatic rings. The van der Waals surface area contributed by atoms with E-state index in [0.29, 0.717) is 11.1 Å². The number of anilines is 1. The molecule has 148 valence electrons. The topological polar surface area (TPSA) is 93.9 Å². The molecule has 0 aliphatic heterocycles. The Morgan fingerprint density at radius 1 is 1.25 bits per heavy atom. The quantitative estimate of drug-likeness (QED) is 0.686. The average Bonchev–Trinajstić information content (AvgIpc) is 3.47. The predicted molar refractivity (Wildman–Crippen MR) is 112 cm³/mol. The van der Waals surface area contributed by atoms with Gasteiger partial charge in [0.25, 0.3) is 5.56 Å². The minimum atomic E-state index is -3.49. The van der Waals surface area contributed by atoms with Crippen molar-refractivity contribution in [1.82, 2.24) is 14.5 Å². The largest absolute Gasteiger partial charge is 0.317 e. The number of hydrogen-bond acceptors (Lipinski definition) is 5. The zero-order valence-corrected chi connectivity index (χ0v) is 16.7. The lowest BCUT2D eigenvalue weighted by Crippen LogP contribution is -2.17. The van der Waals surface area contributed by atoms with Crippen LogP contribution in [0.3, 0.4) is 0 Å². The number of hydrogen-bond donors (Lipinski definition) is 1. The summed E-state index contributed by atoms with van der Waals surface area (Å²) in [6, 6.07) is 7.40. The fourth-order valence-electron chi connectivity index (χ4n) is 3.41. The first-order valence-corrected chi connectivity index (χ1v) is 11.1. The van der Waals surface area contributed by atoms with Gasteiger partial charge < -0.3 is 4.57 Å². The maximum atomic E-state index is 12.5. The third-order valence-electron chi connectivity index (χ3n) is 5.01. The Hall–Kier alpha value is -2.74. The molecule has 1 saturated carbocycles. The van der Waals surface area contributed by atoms with Crippen molar-refractivity contribution >= 4 is 26.7 Å². The van der Waals surface area contributed by atoms with Crippen LogP contribution in [0.1, 0.15) is 26.3 Å². The van der Waals surface area contributed by atoms with Gasteiger partial charge in [-0.1, -0.05) is 31.0 Å². The van der Waals surface area contributed by atoms with Crippen LogP contribution in [-0.4, -0.2) is 29.2 Å². The van der Waals surface area contributed by atoms with Crippen molar-refractivity contribution in [1.29, 1.82) is 0 Å². The van der Waals surface area contributed by atoms with Gasteiger partial charge in [-0.3, -0.25) is 9.52 Å². The van der Waals surface area contributed by atoms with Crippen molar-refractivity contribution in [3.63, 3.8) is 0 Å². The number of nitrogens with zero attached hydrogens (tertiary/aromatic N) is 3. The van der Waals surface area contributed by atoms with Gasteiger partial charge in [-0.15, -0.1) is 0 Å². The van der Waals surface area contributed by atoms with Gasteiger partial charge in [-0.25, -0.2) is 18.4 Å². The van der Waals surface area contributed by atoms with E-state index in [1.54, 1.807) is 25.5 Å². The molecule has 0 bridgehead atoms. The van der Waals surface area contributed by atoms with Crippen molar-refractivity contribution in [3.05, 3.63) is 52.6 Å². The highest BCUT2D eigenvalue weighted by molar-refractivity contribution is 7.91. The standard InChI is InChI=1S/C20H22N4O3S.H2/c1-24-12-17(15-5-3-4-6-16(15)19(24)25)18-14(10-9-13-7-8-13)11-21-20(22-18)23-28(2,26)27;/h3-6,11-13H,7-10H2,1-2H3,(H,21,22,23);1H. The van der Waals surface area contributed by atoms with Crippen molar-refractivity contribution < 1.29 is 9.84 Å². The summed E-state index contributed by atoms with van der Waals surface area (Å²) in [6.45, 7) is 0. The van der Waals surface area contributed by atoms with E-state index < -0.39 is 10.0 Å². The molecule has 8 heteroatoms. The predicted octanol–water partition coefficient (Wildman–Crippen LogP) is 2.96. The third-order valence-corrected chi connectivity index (χ3v) is 5.56. The lowest BCUT2D eigenvalue weighted by molar-refractivity contribution is 0.606. The molecule has 1 aliphatic carbocycles. The van der Waals surface area contributed by atoms with Crippen LogP contribution in [0.5, 0.6) is 0 Å². The minimum absolute atomic E-state index is 0. The van der Waals surface area contributed by atoms with Crippen LogP contribution in [0.25, 0.3) is 22.0 Å². The minimum Gasteiger partial charge on any atom is -0.317 e. The molecule has 1 aromatic carbocycles. The van der Waals surface area contributed by atoms with Gasteiger partial charge in [-0.2, -0.15) is 0 Å². The summed E-state index contributed by atoms with van der Waals surface area (Å²) >= 11 is 0.